The van der Waals surface area contributed by atoms with E-state index in [2.05, 4.69) is 0 Å². The van der Waals surface area contributed by atoms with Gasteiger partial charge >= 0.3 is 6.18 Å². The van der Waals surface area contributed by atoms with Gasteiger partial charge in [0.1, 0.15) is 5.92 Å². The van der Waals surface area contributed by atoms with E-state index in [4.69, 9.17) is 0 Å². The quantitative estimate of drug-likeness (QED) is 0.628. The zero-order valence-corrected chi connectivity index (χ0v) is 11.6. The maximum absolute atomic E-state index is 13.0. The number of rotatable bonds is 2. The molecule has 1 aliphatic carbocycles. The molecule has 3 rings (SSSR count). The van der Waals surface area contributed by atoms with E-state index in [1.807, 2.05) is 0 Å². The monoisotopic (exact) mass is 318 g/mol. The molecule has 2 aromatic carbocycles. The lowest BCUT2D eigenvalue weighted by Crippen LogP contribution is -2.26. The van der Waals surface area contributed by atoms with Gasteiger partial charge in [0.2, 0.25) is 0 Å². The molecule has 0 N–H and O–H groups in total. The maximum Gasteiger partial charge on any atom is 0.417 e. The Morgan fingerprint density at radius 2 is 1.52 bits per heavy atom. The number of carbonyl (C=O) groups is 3. The molecule has 3 nitrogen and oxygen atoms in total. The third kappa shape index (κ3) is 2.36. The molecule has 0 saturated carbocycles. The Morgan fingerprint density at radius 3 is 2.13 bits per heavy atom. The summed E-state index contributed by atoms with van der Waals surface area (Å²) in [4.78, 5) is 37.0. The Labute approximate surface area is 128 Å². The van der Waals surface area contributed by atoms with Crippen LogP contribution in [0, 0.1) is 5.92 Å². The lowest BCUT2D eigenvalue weighted by atomic mass is 9.93. The summed E-state index contributed by atoms with van der Waals surface area (Å²) in [5.41, 5.74) is -2.13. The molecule has 1 unspecified atom stereocenters. The average molecular weight is 318 g/mol. The first-order chi connectivity index (χ1) is 10.8. The van der Waals surface area contributed by atoms with Gasteiger partial charge in [0.15, 0.2) is 17.3 Å². The zero-order chi connectivity index (χ0) is 16.8. The van der Waals surface area contributed by atoms with Gasteiger partial charge in [-0.15, -0.1) is 0 Å². The van der Waals surface area contributed by atoms with Gasteiger partial charge in [0.25, 0.3) is 0 Å². The Kier molecular flexibility index (Phi) is 3.39. The molecule has 6 heteroatoms. The molecule has 0 aromatic heterocycles. The summed E-state index contributed by atoms with van der Waals surface area (Å²) in [5.74, 6) is -4.50. The maximum atomic E-state index is 13.0. The highest BCUT2D eigenvalue weighted by atomic mass is 19.4. The lowest BCUT2D eigenvalue weighted by molar-refractivity contribution is -0.137. The molecular formula is C17H9F3O3. The summed E-state index contributed by atoms with van der Waals surface area (Å²) in [5, 5.41) is 0. The van der Waals surface area contributed by atoms with Crippen molar-refractivity contribution in [1.29, 1.82) is 0 Å². The Hall–Kier alpha value is -2.76. The van der Waals surface area contributed by atoms with Crippen LogP contribution in [0.15, 0.2) is 48.5 Å². The summed E-state index contributed by atoms with van der Waals surface area (Å²) >= 11 is 0. The van der Waals surface area contributed by atoms with Crippen molar-refractivity contribution in [3.63, 3.8) is 0 Å². The van der Waals surface area contributed by atoms with Gasteiger partial charge in [0.05, 0.1) is 5.56 Å². The van der Waals surface area contributed by atoms with Crippen LogP contribution < -0.4 is 0 Å². The van der Waals surface area contributed by atoms with Crippen LogP contribution >= 0.6 is 0 Å². The van der Waals surface area contributed by atoms with Crippen LogP contribution in [0.3, 0.4) is 0 Å². The van der Waals surface area contributed by atoms with Crippen LogP contribution in [0.2, 0.25) is 0 Å². The molecule has 0 radical (unpaired) electrons. The van der Waals surface area contributed by atoms with Crippen molar-refractivity contribution in [3.8, 4) is 0 Å². The highest BCUT2D eigenvalue weighted by Gasteiger charge is 2.48. The van der Waals surface area contributed by atoms with E-state index >= 15 is 0 Å². The molecule has 1 aliphatic rings. The Balaban J connectivity index is 2.10. The number of carbonyl (C=O) groups excluding carboxylic acids is 3. The van der Waals surface area contributed by atoms with Gasteiger partial charge < -0.3 is 0 Å². The van der Waals surface area contributed by atoms with Crippen LogP contribution in [-0.2, 0) is 6.18 Å². The predicted molar refractivity (Wildman–Crippen MR) is 74.4 cm³/mol. The van der Waals surface area contributed by atoms with Gasteiger partial charge in [-0.25, -0.2) is 0 Å². The zero-order valence-electron chi connectivity index (χ0n) is 11.6. The number of ketones is 3. The van der Waals surface area contributed by atoms with Crippen LogP contribution in [0.1, 0.15) is 36.6 Å². The minimum Gasteiger partial charge on any atom is -0.293 e. The number of alkyl halides is 3. The molecule has 1 atom stereocenters. The van der Waals surface area contributed by atoms with Crippen molar-refractivity contribution in [2.75, 3.05) is 0 Å². The molecule has 0 aliphatic heterocycles. The van der Waals surface area contributed by atoms with Crippen molar-refractivity contribution in [3.05, 3.63) is 70.8 Å². The second kappa shape index (κ2) is 5.15. The molecule has 0 fully saturated rings. The van der Waals surface area contributed by atoms with Crippen molar-refractivity contribution >= 4 is 17.3 Å². The lowest BCUT2D eigenvalue weighted by Gasteiger charge is -2.10. The van der Waals surface area contributed by atoms with Crippen LogP contribution in [0.4, 0.5) is 13.2 Å². The van der Waals surface area contributed by atoms with E-state index in [0.717, 1.165) is 18.2 Å². The van der Waals surface area contributed by atoms with E-state index in [9.17, 15) is 27.6 Å². The standard InChI is InChI=1S/C17H9F3O3/c18-17(19,20)11-8-4-7-10-12(11)16(23)13(15(10)22)14(21)9-5-2-1-3-6-9/h1-8,13H. The SMILES string of the molecule is O=C(c1ccccc1)C1C(=O)c2cccc(C(F)(F)F)c2C1=O. The number of hydrogen-bond donors (Lipinski definition) is 0. The second-order valence-corrected chi connectivity index (χ2v) is 5.12. The fourth-order valence-electron chi connectivity index (χ4n) is 2.69. The van der Waals surface area contributed by atoms with E-state index < -0.39 is 40.6 Å². The predicted octanol–water partition coefficient (Wildman–Crippen LogP) is 3.58. The Morgan fingerprint density at radius 1 is 0.870 bits per heavy atom. The van der Waals surface area contributed by atoms with Gasteiger partial charge in [-0.2, -0.15) is 13.2 Å². The first-order valence-electron chi connectivity index (χ1n) is 6.70. The number of fused-ring (bicyclic) bond motifs is 1. The first kappa shape index (κ1) is 15.1. The van der Waals surface area contributed by atoms with E-state index in [-0.39, 0.29) is 11.1 Å². The highest BCUT2D eigenvalue weighted by Crippen LogP contribution is 2.39. The first-order valence-corrected chi connectivity index (χ1v) is 6.70. The summed E-state index contributed by atoms with van der Waals surface area (Å²) in [6.07, 6.45) is -4.77. The molecular weight excluding hydrogens is 309 g/mol. The van der Waals surface area contributed by atoms with Gasteiger partial charge in [-0.3, -0.25) is 14.4 Å². The largest absolute Gasteiger partial charge is 0.417 e. The van der Waals surface area contributed by atoms with Crippen LogP contribution in [-0.4, -0.2) is 17.3 Å². The van der Waals surface area contributed by atoms with Crippen molar-refractivity contribution in [2.24, 2.45) is 5.92 Å². The van der Waals surface area contributed by atoms with Crippen molar-refractivity contribution in [1.82, 2.24) is 0 Å². The molecule has 0 spiro atoms. The minimum absolute atomic E-state index is 0.112. The summed E-state index contributed by atoms with van der Waals surface area (Å²) in [6.45, 7) is 0. The Bertz CT molecular complexity index is 823. The molecule has 116 valence electrons. The number of Topliss-reactive ketones (excluding diaryl/α,β-unsaturated/α-hetero) is 3. The topological polar surface area (TPSA) is 51.2 Å². The summed E-state index contributed by atoms with van der Waals surface area (Å²) in [7, 11) is 0. The smallest absolute Gasteiger partial charge is 0.293 e. The summed E-state index contributed by atoms with van der Waals surface area (Å²) in [6, 6.07) is 10.5. The molecule has 0 heterocycles. The minimum atomic E-state index is -4.77. The number of hydrogen-bond acceptors (Lipinski definition) is 3. The van der Waals surface area contributed by atoms with Gasteiger partial charge in [-0.05, 0) is 6.07 Å². The van der Waals surface area contributed by atoms with E-state index in [1.165, 1.54) is 12.1 Å². The van der Waals surface area contributed by atoms with Crippen molar-refractivity contribution in [2.45, 2.75) is 6.18 Å². The third-order valence-corrected chi connectivity index (χ3v) is 3.73. The molecule has 0 amide bonds. The normalized spacial score (nSPS) is 17.3. The van der Waals surface area contributed by atoms with Crippen LogP contribution in [0.5, 0.6) is 0 Å². The number of halogens is 3. The second-order valence-electron chi connectivity index (χ2n) is 5.12. The molecule has 2 aromatic rings. The average Bonchev–Trinajstić information content (AvgIpc) is 2.78. The van der Waals surface area contributed by atoms with E-state index in [0.29, 0.717) is 0 Å². The van der Waals surface area contributed by atoms with Crippen molar-refractivity contribution < 1.29 is 27.6 Å². The van der Waals surface area contributed by atoms with Gasteiger partial charge in [0, 0.05) is 16.7 Å². The molecule has 23 heavy (non-hydrogen) atoms. The third-order valence-electron chi connectivity index (χ3n) is 3.73. The molecule has 0 bridgehead atoms. The number of benzene rings is 2. The molecule has 0 saturated heterocycles. The fourth-order valence-corrected chi connectivity index (χ4v) is 2.69. The highest BCUT2D eigenvalue weighted by molar-refractivity contribution is 6.38. The summed E-state index contributed by atoms with van der Waals surface area (Å²) < 4.78 is 39.1. The fraction of sp³-hybridized carbons (Fsp3) is 0.118. The van der Waals surface area contributed by atoms with E-state index in [1.54, 1.807) is 18.2 Å². The van der Waals surface area contributed by atoms with Gasteiger partial charge in [-0.1, -0.05) is 42.5 Å². The van der Waals surface area contributed by atoms with Crippen LogP contribution in [0.25, 0.3) is 0 Å².